The number of hydrogen-bond acceptors (Lipinski definition) is 4. The van der Waals surface area contributed by atoms with Crippen LogP contribution in [0, 0.1) is 0 Å². The predicted octanol–water partition coefficient (Wildman–Crippen LogP) is 1.30. The molecule has 72 valence electrons. The monoisotopic (exact) mass is 191 g/mol. The van der Waals surface area contributed by atoms with Crippen LogP contribution in [0.2, 0.25) is 0 Å². The van der Waals surface area contributed by atoms with E-state index in [4.69, 9.17) is 15.2 Å². The third-order valence-electron chi connectivity index (χ3n) is 1.85. The number of ketones is 1. The molecular weight excluding hydrogens is 182 g/mol. The van der Waals surface area contributed by atoms with Gasteiger partial charge in [-0.15, -0.1) is 0 Å². The van der Waals surface area contributed by atoms with E-state index in [-0.39, 0.29) is 18.3 Å². The van der Waals surface area contributed by atoms with E-state index in [1.807, 2.05) is 0 Å². The van der Waals surface area contributed by atoms with Crippen LogP contribution in [0.15, 0.2) is 36.3 Å². The van der Waals surface area contributed by atoms with Gasteiger partial charge in [0.05, 0.1) is 0 Å². The topological polar surface area (TPSA) is 61.6 Å². The molecule has 0 saturated carbocycles. The van der Waals surface area contributed by atoms with Crippen molar-refractivity contribution >= 4 is 11.5 Å². The zero-order valence-corrected chi connectivity index (χ0v) is 7.40. The Morgan fingerprint density at radius 1 is 1.43 bits per heavy atom. The number of rotatable bonds is 2. The molecule has 0 saturated heterocycles. The summed E-state index contributed by atoms with van der Waals surface area (Å²) in [5, 5.41) is 0. The van der Waals surface area contributed by atoms with Gasteiger partial charge in [0.2, 0.25) is 18.3 Å². The van der Waals surface area contributed by atoms with Gasteiger partial charge >= 0.3 is 0 Å². The van der Waals surface area contributed by atoms with Crippen LogP contribution in [-0.2, 0) is 9.47 Å². The number of Topliss-reactive ketones (excluding diaryl/α,β-unsaturated/α-hetero) is 1. The standard InChI is InChI=1S/C10H9NO3/c11-8-3-1-2-7(4-8)10(12)9-5-13-6-14-9/h1-5H,6,11H2. The van der Waals surface area contributed by atoms with Gasteiger partial charge in [-0.1, -0.05) is 12.1 Å². The number of anilines is 1. The largest absolute Gasteiger partial charge is 0.461 e. The Balaban J connectivity index is 2.27. The lowest BCUT2D eigenvalue weighted by Crippen LogP contribution is -2.04. The van der Waals surface area contributed by atoms with Gasteiger partial charge < -0.3 is 15.2 Å². The van der Waals surface area contributed by atoms with Gasteiger partial charge in [0.25, 0.3) is 0 Å². The number of allylic oxidation sites excluding steroid dienone is 1. The van der Waals surface area contributed by atoms with Gasteiger partial charge in [0, 0.05) is 11.3 Å². The minimum Gasteiger partial charge on any atom is -0.461 e. The number of ether oxygens (including phenoxy) is 2. The van der Waals surface area contributed by atoms with Gasteiger partial charge in [-0.05, 0) is 12.1 Å². The predicted molar refractivity (Wildman–Crippen MR) is 50.3 cm³/mol. The number of carbonyl (C=O) groups excluding carboxylic acids is 1. The molecule has 0 aliphatic carbocycles. The minimum absolute atomic E-state index is 0.101. The van der Waals surface area contributed by atoms with Crippen LogP contribution in [0.1, 0.15) is 10.4 Å². The SMILES string of the molecule is Nc1cccc(C(=O)C2=COCO2)c1. The van der Waals surface area contributed by atoms with E-state index in [0.29, 0.717) is 11.3 Å². The first-order valence-corrected chi connectivity index (χ1v) is 4.12. The van der Waals surface area contributed by atoms with E-state index < -0.39 is 0 Å². The fraction of sp³-hybridized carbons (Fsp3) is 0.100. The first-order valence-electron chi connectivity index (χ1n) is 4.12. The average molecular weight is 191 g/mol. The van der Waals surface area contributed by atoms with Gasteiger partial charge in [-0.25, -0.2) is 0 Å². The van der Waals surface area contributed by atoms with Crippen molar-refractivity contribution in [1.29, 1.82) is 0 Å². The van der Waals surface area contributed by atoms with Crippen LogP contribution in [0.3, 0.4) is 0 Å². The number of hydrogen-bond donors (Lipinski definition) is 1. The smallest absolute Gasteiger partial charge is 0.231 e. The van der Waals surface area contributed by atoms with Crippen molar-refractivity contribution in [2.24, 2.45) is 0 Å². The molecule has 0 fully saturated rings. The first kappa shape index (κ1) is 8.62. The molecule has 4 heteroatoms. The summed E-state index contributed by atoms with van der Waals surface area (Å²) in [6.07, 6.45) is 1.31. The summed E-state index contributed by atoms with van der Waals surface area (Å²) < 4.78 is 9.75. The molecule has 0 amide bonds. The highest BCUT2D eigenvalue weighted by molar-refractivity contribution is 6.07. The van der Waals surface area contributed by atoms with Crippen molar-refractivity contribution in [3.63, 3.8) is 0 Å². The molecule has 4 nitrogen and oxygen atoms in total. The molecule has 1 aliphatic heterocycles. The second-order valence-corrected chi connectivity index (χ2v) is 2.87. The zero-order chi connectivity index (χ0) is 9.97. The minimum atomic E-state index is -0.213. The van der Waals surface area contributed by atoms with Crippen molar-refractivity contribution < 1.29 is 14.3 Å². The molecule has 0 atom stereocenters. The Morgan fingerprint density at radius 3 is 2.93 bits per heavy atom. The highest BCUT2D eigenvalue weighted by Gasteiger charge is 2.17. The van der Waals surface area contributed by atoms with Crippen LogP contribution in [0.5, 0.6) is 0 Å². The molecule has 2 rings (SSSR count). The maximum atomic E-state index is 11.7. The fourth-order valence-corrected chi connectivity index (χ4v) is 1.18. The fourth-order valence-electron chi connectivity index (χ4n) is 1.18. The molecule has 14 heavy (non-hydrogen) atoms. The maximum absolute atomic E-state index is 11.7. The summed E-state index contributed by atoms with van der Waals surface area (Å²) in [4.78, 5) is 11.7. The van der Waals surface area contributed by atoms with Crippen molar-refractivity contribution in [2.75, 3.05) is 12.5 Å². The second-order valence-electron chi connectivity index (χ2n) is 2.87. The molecule has 0 radical (unpaired) electrons. The quantitative estimate of drug-likeness (QED) is 0.565. The van der Waals surface area contributed by atoms with Gasteiger partial charge in [-0.2, -0.15) is 0 Å². The first-order chi connectivity index (χ1) is 6.77. The van der Waals surface area contributed by atoms with Crippen molar-refractivity contribution in [1.82, 2.24) is 0 Å². The summed E-state index contributed by atoms with van der Waals surface area (Å²) in [5.41, 5.74) is 6.60. The average Bonchev–Trinajstić information content (AvgIpc) is 2.69. The molecule has 0 unspecified atom stereocenters. The summed E-state index contributed by atoms with van der Waals surface area (Å²) >= 11 is 0. The maximum Gasteiger partial charge on any atom is 0.231 e. The molecule has 1 aromatic carbocycles. The van der Waals surface area contributed by atoms with Gasteiger partial charge in [0.1, 0.15) is 6.26 Å². The van der Waals surface area contributed by atoms with Gasteiger partial charge in [0.15, 0.2) is 0 Å². The lowest BCUT2D eigenvalue weighted by molar-refractivity contribution is 0.0684. The van der Waals surface area contributed by atoms with E-state index in [9.17, 15) is 4.79 Å². The van der Waals surface area contributed by atoms with Crippen LogP contribution >= 0.6 is 0 Å². The van der Waals surface area contributed by atoms with E-state index in [1.165, 1.54) is 6.26 Å². The van der Waals surface area contributed by atoms with Crippen LogP contribution in [0.4, 0.5) is 5.69 Å². The van der Waals surface area contributed by atoms with Crippen molar-refractivity contribution in [2.45, 2.75) is 0 Å². The number of carbonyl (C=O) groups is 1. The molecule has 0 spiro atoms. The van der Waals surface area contributed by atoms with E-state index in [0.717, 1.165) is 0 Å². The Labute approximate surface area is 80.9 Å². The Bertz CT molecular complexity index is 398. The van der Waals surface area contributed by atoms with Crippen molar-refractivity contribution in [3.05, 3.63) is 41.9 Å². The lowest BCUT2D eigenvalue weighted by atomic mass is 10.1. The summed E-state index contributed by atoms with van der Waals surface area (Å²) in [6, 6.07) is 6.72. The summed E-state index contributed by atoms with van der Waals surface area (Å²) in [5.74, 6) is 0.00500. The molecule has 1 heterocycles. The summed E-state index contributed by atoms with van der Waals surface area (Å²) in [7, 11) is 0. The third-order valence-corrected chi connectivity index (χ3v) is 1.85. The number of benzene rings is 1. The Morgan fingerprint density at radius 2 is 2.29 bits per heavy atom. The molecule has 2 N–H and O–H groups in total. The van der Waals surface area contributed by atoms with Gasteiger partial charge in [-0.3, -0.25) is 4.79 Å². The molecule has 0 bridgehead atoms. The lowest BCUT2D eigenvalue weighted by Gasteiger charge is -2.01. The van der Waals surface area contributed by atoms with E-state index >= 15 is 0 Å². The molecule has 1 aromatic rings. The van der Waals surface area contributed by atoms with E-state index in [1.54, 1.807) is 24.3 Å². The highest BCUT2D eigenvalue weighted by atomic mass is 16.7. The van der Waals surface area contributed by atoms with E-state index in [2.05, 4.69) is 0 Å². The van der Waals surface area contributed by atoms with Crippen LogP contribution in [0.25, 0.3) is 0 Å². The number of nitrogen functional groups attached to an aromatic ring is 1. The third kappa shape index (κ3) is 1.54. The zero-order valence-electron chi connectivity index (χ0n) is 7.40. The number of nitrogens with two attached hydrogens (primary N) is 1. The Kier molecular flexibility index (Phi) is 2.10. The normalized spacial score (nSPS) is 14.1. The second kappa shape index (κ2) is 3.41. The molecular formula is C10H9NO3. The highest BCUT2D eigenvalue weighted by Crippen LogP contribution is 2.15. The molecule has 1 aliphatic rings. The summed E-state index contributed by atoms with van der Waals surface area (Å²) in [6.45, 7) is 0.101. The van der Waals surface area contributed by atoms with Crippen LogP contribution in [-0.4, -0.2) is 12.6 Å². The van der Waals surface area contributed by atoms with Crippen molar-refractivity contribution in [3.8, 4) is 0 Å². The Hall–Kier alpha value is -1.97. The van der Waals surface area contributed by atoms with Crippen LogP contribution < -0.4 is 5.73 Å². The molecule has 0 aromatic heterocycles.